The maximum Gasteiger partial charge on any atom is 0.322 e. The van der Waals surface area contributed by atoms with Crippen molar-refractivity contribution in [3.63, 3.8) is 0 Å². The van der Waals surface area contributed by atoms with Crippen LogP contribution in [0.1, 0.15) is 5.56 Å². The third-order valence-corrected chi connectivity index (χ3v) is 5.18. The largest absolute Gasteiger partial charge is 0.332 e. The van der Waals surface area contributed by atoms with E-state index in [1.807, 2.05) is 31.2 Å². The summed E-state index contributed by atoms with van der Waals surface area (Å²) in [5.74, 6) is 0.0933. The molecule has 1 aromatic rings. The number of hydrogen-bond donors (Lipinski definition) is 1. The molecule has 5 nitrogen and oxygen atoms in total. The second-order valence-corrected chi connectivity index (χ2v) is 7.06. The predicted molar refractivity (Wildman–Crippen MR) is 68.4 cm³/mol. The van der Waals surface area contributed by atoms with Crippen LogP contribution in [0.3, 0.4) is 0 Å². The molecule has 1 N–H and O–H groups in total. The fourth-order valence-corrected chi connectivity index (χ4v) is 4.58. The van der Waals surface area contributed by atoms with Gasteiger partial charge in [-0.2, -0.15) is 0 Å². The lowest BCUT2D eigenvalue weighted by Gasteiger charge is -2.21. The van der Waals surface area contributed by atoms with Gasteiger partial charge < -0.3 is 5.32 Å². The Morgan fingerprint density at radius 2 is 2.11 bits per heavy atom. The van der Waals surface area contributed by atoms with Crippen molar-refractivity contribution >= 4 is 21.6 Å². The Hall–Kier alpha value is -1.56. The van der Waals surface area contributed by atoms with Crippen LogP contribution in [0.5, 0.6) is 0 Å². The molecule has 96 valence electrons. The molecule has 2 amide bonds. The zero-order valence-corrected chi connectivity index (χ0v) is 10.8. The highest BCUT2D eigenvalue weighted by Gasteiger charge is 2.49. The molecule has 0 aromatic heterocycles. The highest BCUT2D eigenvalue weighted by Crippen LogP contribution is 2.29. The molecule has 18 heavy (non-hydrogen) atoms. The van der Waals surface area contributed by atoms with Crippen LogP contribution in [0.15, 0.2) is 24.3 Å². The first-order valence-electron chi connectivity index (χ1n) is 5.83. The highest BCUT2D eigenvalue weighted by atomic mass is 32.2. The van der Waals surface area contributed by atoms with Gasteiger partial charge >= 0.3 is 6.03 Å². The van der Waals surface area contributed by atoms with Crippen LogP contribution in [-0.2, 0) is 9.84 Å². The normalized spacial score (nSPS) is 29.2. The number of hydrogen-bond acceptors (Lipinski definition) is 3. The number of amides is 2. The first-order valence-corrected chi connectivity index (χ1v) is 7.65. The number of sulfone groups is 1. The van der Waals surface area contributed by atoms with Crippen molar-refractivity contribution in [1.82, 2.24) is 5.32 Å². The van der Waals surface area contributed by atoms with Crippen LogP contribution in [0, 0.1) is 6.92 Å². The molecule has 3 rings (SSSR count). The van der Waals surface area contributed by atoms with E-state index in [1.54, 1.807) is 4.90 Å². The SMILES string of the molecule is Cc1cccc(N2C(=O)N[C@@H]3CS(=O)(=O)C[C@@H]32)c1. The molecule has 2 aliphatic rings. The van der Waals surface area contributed by atoms with E-state index >= 15 is 0 Å². The number of aryl methyl sites for hydroxylation is 1. The number of nitrogens with zero attached hydrogens (tertiary/aromatic N) is 1. The number of carbonyl (C=O) groups is 1. The molecular weight excluding hydrogens is 252 g/mol. The molecule has 0 aliphatic carbocycles. The van der Waals surface area contributed by atoms with E-state index in [2.05, 4.69) is 5.32 Å². The standard InChI is InChI=1S/C12H14N2O3S/c1-8-3-2-4-9(5-8)14-11-7-18(16,17)6-10(11)13-12(14)15/h2-5,10-11H,6-7H2,1H3,(H,13,15)/t10-,11+/m1/s1. The number of rotatable bonds is 1. The topological polar surface area (TPSA) is 66.5 Å². The molecule has 6 heteroatoms. The summed E-state index contributed by atoms with van der Waals surface area (Å²) in [6.07, 6.45) is 0. The highest BCUT2D eigenvalue weighted by molar-refractivity contribution is 7.91. The van der Waals surface area contributed by atoms with Crippen molar-refractivity contribution in [2.45, 2.75) is 19.0 Å². The summed E-state index contributed by atoms with van der Waals surface area (Å²) < 4.78 is 23.2. The molecule has 2 heterocycles. The zero-order valence-electron chi connectivity index (χ0n) is 9.96. The van der Waals surface area contributed by atoms with Crippen molar-refractivity contribution in [2.24, 2.45) is 0 Å². The Bertz CT molecular complexity index is 612. The average molecular weight is 266 g/mol. The van der Waals surface area contributed by atoms with Crippen LogP contribution in [-0.4, -0.2) is 38.0 Å². The summed E-state index contributed by atoms with van der Waals surface area (Å²) in [6.45, 7) is 1.94. The Balaban J connectivity index is 1.99. The van der Waals surface area contributed by atoms with Crippen molar-refractivity contribution < 1.29 is 13.2 Å². The van der Waals surface area contributed by atoms with Crippen molar-refractivity contribution in [1.29, 1.82) is 0 Å². The van der Waals surface area contributed by atoms with E-state index in [0.29, 0.717) is 0 Å². The Labute approximate surface area is 106 Å². The Kier molecular flexibility index (Phi) is 2.38. The summed E-state index contributed by atoms with van der Waals surface area (Å²) in [5, 5.41) is 2.75. The lowest BCUT2D eigenvalue weighted by atomic mass is 10.1. The Morgan fingerprint density at radius 3 is 2.83 bits per heavy atom. The van der Waals surface area contributed by atoms with Crippen molar-refractivity contribution in [2.75, 3.05) is 16.4 Å². The summed E-state index contributed by atoms with van der Waals surface area (Å²) in [4.78, 5) is 13.5. The molecule has 2 fully saturated rings. The van der Waals surface area contributed by atoms with Gasteiger partial charge in [0.05, 0.1) is 23.6 Å². The second-order valence-electron chi connectivity index (χ2n) is 4.91. The van der Waals surface area contributed by atoms with E-state index in [0.717, 1.165) is 11.3 Å². The van der Waals surface area contributed by atoms with Gasteiger partial charge in [-0.15, -0.1) is 0 Å². The minimum Gasteiger partial charge on any atom is -0.332 e. The van der Waals surface area contributed by atoms with Crippen LogP contribution in [0.2, 0.25) is 0 Å². The maximum atomic E-state index is 11.9. The number of urea groups is 1. The second kappa shape index (κ2) is 3.71. The molecule has 0 bridgehead atoms. The summed E-state index contributed by atoms with van der Waals surface area (Å²) >= 11 is 0. The number of carbonyl (C=O) groups excluding carboxylic acids is 1. The monoisotopic (exact) mass is 266 g/mol. The van der Waals surface area contributed by atoms with Gasteiger partial charge in [0, 0.05) is 5.69 Å². The molecule has 1 aromatic carbocycles. The van der Waals surface area contributed by atoms with Gasteiger partial charge in [0.1, 0.15) is 0 Å². The summed E-state index contributed by atoms with van der Waals surface area (Å²) in [7, 11) is -3.04. The lowest BCUT2D eigenvalue weighted by molar-refractivity contribution is 0.251. The quantitative estimate of drug-likeness (QED) is 0.761. The molecule has 2 atom stereocenters. The van der Waals surface area contributed by atoms with Crippen LogP contribution >= 0.6 is 0 Å². The molecule has 0 unspecified atom stereocenters. The lowest BCUT2D eigenvalue weighted by Crippen LogP contribution is -2.36. The van der Waals surface area contributed by atoms with Gasteiger partial charge in [0.25, 0.3) is 0 Å². The van der Waals surface area contributed by atoms with Gasteiger partial charge in [-0.25, -0.2) is 13.2 Å². The van der Waals surface area contributed by atoms with Crippen molar-refractivity contribution in [3.05, 3.63) is 29.8 Å². The molecule has 0 radical (unpaired) electrons. The smallest absolute Gasteiger partial charge is 0.322 e. The first kappa shape index (κ1) is 11.5. The third kappa shape index (κ3) is 1.77. The van der Waals surface area contributed by atoms with Gasteiger partial charge in [-0.1, -0.05) is 12.1 Å². The average Bonchev–Trinajstić information content (AvgIpc) is 2.68. The fraction of sp³-hybridized carbons (Fsp3) is 0.417. The van der Waals surface area contributed by atoms with Crippen molar-refractivity contribution in [3.8, 4) is 0 Å². The van der Waals surface area contributed by atoms with Gasteiger partial charge in [0.2, 0.25) is 0 Å². The number of nitrogens with one attached hydrogen (secondary N) is 1. The molecular formula is C12H14N2O3S. The Morgan fingerprint density at radius 1 is 1.33 bits per heavy atom. The number of fused-ring (bicyclic) bond motifs is 1. The van der Waals surface area contributed by atoms with Gasteiger partial charge in [0.15, 0.2) is 9.84 Å². The van der Waals surface area contributed by atoms with E-state index in [1.165, 1.54) is 0 Å². The number of anilines is 1. The van der Waals surface area contributed by atoms with E-state index in [-0.39, 0.29) is 29.6 Å². The predicted octanol–water partition coefficient (Wildman–Crippen LogP) is 0.690. The molecule has 2 saturated heterocycles. The van der Waals surface area contributed by atoms with E-state index in [4.69, 9.17) is 0 Å². The van der Waals surface area contributed by atoms with Crippen LogP contribution < -0.4 is 10.2 Å². The summed E-state index contributed by atoms with van der Waals surface area (Å²) in [6, 6.07) is 6.79. The van der Waals surface area contributed by atoms with Crippen LogP contribution in [0.25, 0.3) is 0 Å². The third-order valence-electron chi connectivity index (χ3n) is 3.46. The van der Waals surface area contributed by atoms with Gasteiger partial charge in [-0.3, -0.25) is 4.90 Å². The summed E-state index contributed by atoms with van der Waals surface area (Å²) in [5.41, 5.74) is 1.81. The zero-order chi connectivity index (χ0) is 12.9. The maximum absolute atomic E-state index is 11.9. The van der Waals surface area contributed by atoms with Crippen LogP contribution in [0.4, 0.5) is 10.5 Å². The fourth-order valence-electron chi connectivity index (χ4n) is 2.69. The first-order chi connectivity index (χ1) is 8.46. The molecule has 0 spiro atoms. The van der Waals surface area contributed by atoms with Gasteiger partial charge in [-0.05, 0) is 24.6 Å². The minimum atomic E-state index is -3.04. The molecule has 0 saturated carbocycles. The van der Waals surface area contributed by atoms with E-state index < -0.39 is 9.84 Å². The minimum absolute atomic E-state index is 0.0460. The van der Waals surface area contributed by atoms with E-state index in [9.17, 15) is 13.2 Å². The number of benzene rings is 1. The molecule has 2 aliphatic heterocycles.